The maximum atomic E-state index is 11.9. The van der Waals surface area contributed by atoms with E-state index in [1.54, 1.807) is 0 Å². The van der Waals surface area contributed by atoms with Gasteiger partial charge in [-0.2, -0.15) is 0 Å². The fraction of sp³-hybridized carbons (Fsp3) is 0.933. The van der Waals surface area contributed by atoms with Gasteiger partial charge >= 0.3 is 5.97 Å². The zero-order valence-electron chi connectivity index (χ0n) is 13.5. The molecule has 0 aliphatic carbocycles. The van der Waals surface area contributed by atoms with Crippen LogP contribution in [0.25, 0.3) is 0 Å². The Morgan fingerprint density at radius 2 is 2.10 bits per heavy atom. The van der Waals surface area contributed by atoms with E-state index >= 15 is 0 Å². The van der Waals surface area contributed by atoms with Crippen molar-refractivity contribution in [3.8, 4) is 0 Å². The standard InChI is InChI=1S/C15H31N3O2/c1-5-16-14(15(19)20-7-3)8-9-17-10-11-18(6-2)13(4)12-17/h13-14,16H,5-12H2,1-4H3. The molecule has 1 aliphatic heterocycles. The van der Waals surface area contributed by atoms with Crippen LogP contribution in [0.4, 0.5) is 0 Å². The number of piperazine rings is 1. The maximum absolute atomic E-state index is 11.9. The zero-order valence-corrected chi connectivity index (χ0v) is 13.5. The average Bonchev–Trinajstić information content (AvgIpc) is 2.43. The molecule has 1 N–H and O–H groups in total. The van der Waals surface area contributed by atoms with Gasteiger partial charge in [0.05, 0.1) is 6.61 Å². The number of rotatable bonds is 8. The van der Waals surface area contributed by atoms with E-state index in [0.29, 0.717) is 12.6 Å². The molecule has 0 aromatic carbocycles. The Bertz CT molecular complexity index is 286. The monoisotopic (exact) mass is 285 g/mol. The van der Waals surface area contributed by atoms with Crippen molar-refractivity contribution in [1.29, 1.82) is 0 Å². The third kappa shape index (κ3) is 5.38. The second-order valence-electron chi connectivity index (χ2n) is 5.43. The molecule has 2 atom stereocenters. The molecule has 5 heteroatoms. The predicted molar refractivity (Wildman–Crippen MR) is 81.9 cm³/mol. The molecule has 0 spiro atoms. The smallest absolute Gasteiger partial charge is 0.323 e. The number of carbonyl (C=O) groups is 1. The molecular weight excluding hydrogens is 254 g/mol. The van der Waals surface area contributed by atoms with Crippen LogP contribution in [-0.2, 0) is 9.53 Å². The van der Waals surface area contributed by atoms with Gasteiger partial charge < -0.3 is 15.0 Å². The highest BCUT2D eigenvalue weighted by molar-refractivity contribution is 5.75. The van der Waals surface area contributed by atoms with Crippen molar-refractivity contribution < 1.29 is 9.53 Å². The predicted octanol–water partition coefficient (Wildman–Crippen LogP) is 0.944. The molecule has 0 bridgehead atoms. The van der Waals surface area contributed by atoms with Crippen molar-refractivity contribution in [3.63, 3.8) is 0 Å². The minimum absolute atomic E-state index is 0.116. The van der Waals surface area contributed by atoms with Crippen LogP contribution in [0.1, 0.15) is 34.1 Å². The second kappa shape index (κ2) is 9.32. The van der Waals surface area contributed by atoms with Gasteiger partial charge in [-0.05, 0) is 33.4 Å². The van der Waals surface area contributed by atoms with Gasteiger partial charge in [-0.25, -0.2) is 0 Å². The zero-order chi connectivity index (χ0) is 15.0. The largest absolute Gasteiger partial charge is 0.465 e. The molecule has 0 radical (unpaired) electrons. The highest BCUT2D eigenvalue weighted by Gasteiger charge is 2.24. The molecule has 1 rings (SSSR count). The first kappa shape index (κ1) is 17.4. The van der Waals surface area contributed by atoms with E-state index in [2.05, 4.69) is 29.0 Å². The van der Waals surface area contributed by atoms with E-state index in [-0.39, 0.29) is 12.0 Å². The number of hydrogen-bond acceptors (Lipinski definition) is 5. The summed E-state index contributed by atoms with van der Waals surface area (Å²) in [5.41, 5.74) is 0. The van der Waals surface area contributed by atoms with Crippen LogP contribution in [0.3, 0.4) is 0 Å². The number of esters is 1. The third-order valence-electron chi connectivity index (χ3n) is 4.01. The molecule has 20 heavy (non-hydrogen) atoms. The van der Waals surface area contributed by atoms with Crippen LogP contribution >= 0.6 is 0 Å². The Morgan fingerprint density at radius 1 is 1.35 bits per heavy atom. The van der Waals surface area contributed by atoms with Gasteiger partial charge in [-0.15, -0.1) is 0 Å². The normalized spacial score (nSPS) is 22.7. The Kier molecular flexibility index (Phi) is 8.11. The summed E-state index contributed by atoms with van der Waals surface area (Å²) in [6, 6.07) is 0.438. The van der Waals surface area contributed by atoms with Crippen molar-refractivity contribution in [2.75, 3.05) is 45.9 Å². The number of ether oxygens (including phenoxy) is 1. The number of nitrogens with one attached hydrogen (secondary N) is 1. The second-order valence-corrected chi connectivity index (χ2v) is 5.43. The molecule has 5 nitrogen and oxygen atoms in total. The van der Waals surface area contributed by atoms with Crippen molar-refractivity contribution in [2.24, 2.45) is 0 Å². The first-order chi connectivity index (χ1) is 9.62. The first-order valence-corrected chi connectivity index (χ1v) is 7.98. The third-order valence-corrected chi connectivity index (χ3v) is 4.01. The van der Waals surface area contributed by atoms with Crippen LogP contribution < -0.4 is 5.32 Å². The molecule has 0 amide bonds. The van der Waals surface area contributed by atoms with E-state index < -0.39 is 0 Å². The Hall–Kier alpha value is -0.650. The van der Waals surface area contributed by atoms with Gasteiger partial charge in [-0.3, -0.25) is 9.69 Å². The Morgan fingerprint density at radius 3 is 2.65 bits per heavy atom. The molecule has 1 saturated heterocycles. The minimum Gasteiger partial charge on any atom is -0.465 e. The highest BCUT2D eigenvalue weighted by Crippen LogP contribution is 2.10. The van der Waals surface area contributed by atoms with E-state index in [4.69, 9.17) is 4.74 Å². The quantitative estimate of drug-likeness (QED) is 0.673. The van der Waals surface area contributed by atoms with Gasteiger partial charge in [0.25, 0.3) is 0 Å². The van der Waals surface area contributed by atoms with E-state index in [1.807, 2.05) is 13.8 Å². The number of carbonyl (C=O) groups excluding carboxylic acids is 1. The number of nitrogens with zero attached hydrogens (tertiary/aromatic N) is 2. The van der Waals surface area contributed by atoms with E-state index in [9.17, 15) is 4.79 Å². The summed E-state index contributed by atoms with van der Waals surface area (Å²) in [7, 11) is 0. The van der Waals surface area contributed by atoms with Crippen molar-refractivity contribution in [2.45, 2.75) is 46.2 Å². The number of likely N-dealkylation sites (N-methyl/N-ethyl adjacent to an activating group) is 2. The van der Waals surface area contributed by atoms with Gasteiger partial charge in [0.15, 0.2) is 0 Å². The molecule has 0 aromatic rings. The molecule has 118 valence electrons. The first-order valence-electron chi connectivity index (χ1n) is 7.98. The molecule has 2 unspecified atom stereocenters. The van der Waals surface area contributed by atoms with Crippen LogP contribution in [0.15, 0.2) is 0 Å². The highest BCUT2D eigenvalue weighted by atomic mass is 16.5. The molecule has 0 saturated carbocycles. The Labute approximate surface area is 123 Å². The maximum Gasteiger partial charge on any atom is 0.323 e. The van der Waals surface area contributed by atoms with Crippen molar-refractivity contribution >= 4 is 5.97 Å². The fourth-order valence-corrected chi connectivity index (χ4v) is 2.85. The molecule has 1 aliphatic rings. The van der Waals surface area contributed by atoms with Crippen molar-refractivity contribution in [1.82, 2.24) is 15.1 Å². The lowest BCUT2D eigenvalue weighted by Gasteiger charge is -2.39. The number of hydrogen-bond donors (Lipinski definition) is 1. The van der Waals surface area contributed by atoms with Crippen LogP contribution in [0.2, 0.25) is 0 Å². The van der Waals surface area contributed by atoms with E-state index in [1.165, 1.54) is 0 Å². The summed E-state index contributed by atoms with van der Waals surface area (Å²) in [5.74, 6) is -0.116. The molecule has 1 fully saturated rings. The summed E-state index contributed by atoms with van der Waals surface area (Å²) >= 11 is 0. The van der Waals surface area contributed by atoms with Crippen LogP contribution in [-0.4, -0.2) is 73.7 Å². The summed E-state index contributed by atoms with van der Waals surface area (Å²) < 4.78 is 5.12. The fourth-order valence-electron chi connectivity index (χ4n) is 2.85. The average molecular weight is 285 g/mol. The molecular formula is C15H31N3O2. The lowest BCUT2D eigenvalue weighted by molar-refractivity contribution is -0.146. The van der Waals surface area contributed by atoms with Gasteiger partial charge in [0.2, 0.25) is 0 Å². The molecule has 0 aromatic heterocycles. The minimum atomic E-state index is -0.167. The van der Waals surface area contributed by atoms with Gasteiger partial charge in [0.1, 0.15) is 6.04 Å². The van der Waals surface area contributed by atoms with Crippen LogP contribution in [0.5, 0.6) is 0 Å². The van der Waals surface area contributed by atoms with Crippen LogP contribution in [0, 0.1) is 0 Å². The SMILES string of the molecule is CCNC(CCN1CCN(CC)C(C)C1)C(=O)OCC. The topological polar surface area (TPSA) is 44.8 Å². The summed E-state index contributed by atoms with van der Waals surface area (Å²) in [5, 5.41) is 3.23. The van der Waals surface area contributed by atoms with Crippen molar-refractivity contribution in [3.05, 3.63) is 0 Å². The van der Waals surface area contributed by atoms with Gasteiger partial charge in [-0.1, -0.05) is 13.8 Å². The summed E-state index contributed by atoms with van der Waals surface area (Å²) in [6.07, 6.45) is 0.825. The molecule has 1 heterocycles. The summed E-state index contributed by atoms with van der Waals surface area (Å²) in [4.78, 5) is 16.8. The lowest BCUT2D eigenvalue weighted by Crippen LogP contribution is -2.52. The Balaban J connectivity index is 2.38. The lowest BCUT2D eigenvalue weighted by atomic mass is 10.1. The van der Waals surface area contributed by atoms with E-state index in [0.717, 1.165) is 45.7 Å². The summed E-state index contributed by atoms with van der Waals surface area (Å²) in [6.45, 7) is 15.0. The van der Waals surface area contributed by atoms with Gasteiger partial charge in [0, 0.05) is 32.2 Å².